The third kappa shape index (κ3) is 3.39. The topological polar surface area (TPSA) is 97.6 Å². The Labute approximate surface area is 264 Å². The maximum atomic E-state index is 15.8. The molecule has 5 aromatic carbocycles. The van der Waals surface area contributed by atoms with Crippen molar-refractivity contribution >= 4 is 40.1 Å². The van der Waals surface area contributed by atoms with E-state index in [-0.39, 0.29) is 17.2 Å². The maximum Gasteiger partial charge on any atom is 0.269 e. The molecule has 2 aliphatic carbocycles. The van der Waals surface area contributed by atoms with Gasteiger partial charge < -0.3 is 0 Å². The van der Waals surface area contributed by atoms with E-state index in [2.05, 4.69) is 0 Å². The fourth-order valence-corrected chi connectivity index (χ4v) is 8.31. The molecule has 4 atom stereocenters. The van der Waals surface area contributed by atoms with Gasteiger partial charge in [-0.15, -0.1) is 0 Å². The van der Waals surface area contributed by atoms with Crippen LogP contribution in [0.2, 0.25) is 0 Å². The Morgan fingerprint density at radius 1 is 0.522 bits per heavy atom. The second-order valence-electron chi connectivity index (χ2n) is 11.9. The Balaban J connectivity index is 1.52. The minimum atomic E-state index is -1.50. The molecule has 4 unspecified atom stereocenters. The number of rotatable bonds is 6. The van der Waals surface area contributed by atoms with Gasteiger partial charge >= 0.3 is 0 Å². The molecule has 1 saturated carbocycles. The molecule has 3 aliphatic rings. The first-order valence-corrected chi connectivity index (χ1v) is 15.1. The number of nitro groups is 1. The van der Waals surface area contributed by atoms with Crippen molar-refractivity contribution in [2.45, 2.75) is 10.8 Å². The number of Topliss-reactive ketones (excluding diaryl/α,β-unsaturated/α-hetero) is 1. The van der Waals surface area contributed by atoms with Gasteiger partial charge in [0.25, 0.3) is 5.69 Å². The monoisotopic (exact) mass is 602 g/mol. The lowest BCUT2D eigenvalue weighted by atomic mass is 9.59. The molecule has 1 aliphatic heterocycles. The van der Waals surface area contributed by atoms with Crippen molar-refractivity contribution in [1.29, 1.82) is 0 Å². The van der Waals surface area contributed by atoms with Crippen molar-refractivity contribution in [3.05, 3.63) is 178 Å². The van der Waals surface area contributed by atoms with Crippen molar-refractivity contribution < 1.29 is 19.3 Å². The van der Waals surface area contributed by atoms with Crippen LogP contribution in [0.1, 0.15) is 22.3 Å². The van der Waals surface area contributed by atoms with E-state index in [1.807, 2.05) is 121 Å². The summed E-state index contributed by atoms with van der Waals surface area (Å²) in [6, 6.07) is 43.4. The minimum absolute atomic E-state index is 0.154. The summed E-state index contributed by atoms with van der Waals surface area (Å²) in [6.45, 7) is 0. The normalized spacial score (nSPS) is 24.9. The number of hydrogen-bond donors (Lipinski definition) is 0. The van der Waals surface area contributed by atoms with Gasteiger partial charge in [0.15, 0.2) is 5.78 Å². The number of imide groups is 1. The number of allylic oxidation sites excluding steroid dienone is 2. The van der Waals surface area contributed by atoms with Gasteiger partial charge in [-0.1, -0.05) is 121 Å². The Morgan fingerprint density at radius 3 is 1.26 bits per heavy atom. The smallest absolute Gasteiger partial charge is 0.269 e. The highest BCUT2D eigenvalue weighted by Crippen LogP contribution is 2.74. The van der Waals surface area contributed by atoms with Crippen molar-refractivity contribution in [3.8, 4) is 0 Å². The van der Waals surface area contributed by atoms with Crippen LogP contribution in [0, 0.1) is 22.0 Å². The first-order valence-electron chi connectivity index (χ1n) is 15.1. The number of nitrogens with zero attached hydrogens (tertiary/aromatic N) is 2. The van der Waals surface area contributed by atoms with E-state index >= 15 is 4.79 Å². The van der Waals surface area contributed by atoms with Crippen molar-refractivity contribution in [2.75, 3.05) is 4.90 Å². The van der Waals surface area contributed by atoms with Gasteiger partial charge in [-0.25, -0.2) is 4.90 Å². The molecule has 2 bridgehead atoms. The fraction of sp³-hybridized carbons (Fsp3) is 0.103. The maximum absolute atomic E-state index is 15.8. The highest BCUT2D eigenvalue weighted by molar-refractivity contribution is 6.39. The Kier molecular flexibility index (Phi) is 6.02. The largest absolute Gasteiger partial charge is 0.297 e. The Hall–Kier alpha value is -5.95. The molecule has 7 nitrogen and oxygen atoms in total. The van der Waals surface area contributed by atoms with E-state index in [4.69, 9.17) is 0 Å². The van der Waals surface area contributed by atoms with E-state index < -0.39 is 39.4 Å². The van der Waals surface area contributed by atoms with Crippen LogP contribution in [0.5, 0.6) is 0 Å². The highest BCUT2D eigenvalue weighted by atomic mass is 16.6. The number of amides is 2. The number of nitro benzene ring substituents is 1. The molecule has 1 saturated heterocycles. The lowest BCUT2D eigenvalue weighted by Crippen LogP contribution is -2.45. The van der Waals surface area contributed by atoms with Crippen LogP contribution in [0.3, 0.4) is 0 Å². The van der Waals surface area contributed by atoms with Crippen LogP contribution >= 0.6 is 0 Å². The van der Waals surface area contributed by atoms with Gasteiger partial charge in [0.2, 0.25) is 11.8 Å². The number of ketones is 1. The average molecular weight is 603 g/mol. The van der Waals surface area contributed by atoms with Crippen LogP contribution in [-0.4, -0.2) is 22.5 Å². The van der Waals surface area contributed by atoms with Crippen molar-refractivity contribution in [3.63, 3.8) is 0 Å². The van der Waals surface area contributed by atoms with Crippen LogP contribution < -0.4 is 4.90 Å². The van der Waals surface area contributed by atoms with Crippen LogP contribution in [0.25, 0.3) is 11.1 Å². The molecule has 222 valence electrons. The number of carbonyl (C=O) groups is 3. The van der Waals surface area contributed by atoms with E-state index in [9.17, 15) is 19.7 Å². The number of non-ortho nitro benzene ring substituents is 1. The first kappa shape index (κ1) is 27.6. The molecular weight excluding hydrogens is 576 g/mol. The summed E-state index contributed by atoms with van der Waals surface area (Å²) in [7, 11) is 0. The van der Waals surface area contributed by atoms with E-state index in [0.717, 1.165) is 16.0 Å². The number of benzene rings is 5. The van der Waals surface area contributed by atoms with Gasteiger partial charge in [-0.2, -0.15) is 0 Å². The van der Waals surface area contributed by atoms with Crippen molar-refractivity contribution in [1.82, 2.24) is 0 Å². The van der Waals surface area contributed by atoms with Gasteiger partial charge in [-0.05, 0) is 45.5 Å². The zero-order valence-corrected chi connectivity index (χ0v) is 24.4. The minimum Gasteiger partial charge on any atom is -0.297 e. The van der Waals surface area contributed by atoms with E-state index in [1.165, 1.54) is 24.3 Å². The van der Waals surface area contributed by atoms with Gasteiger partial charge in [0.1, 0.15) is 0 Å². The summed E-state index contributed by atoms with van der Waals surface area (Å²) in [5.41, 5.74) is 1.38. The first-order chi connectivity index (χ1) is 22.4. The Morgan fingerprint density at radius 2 is 0.891 bits per heavy atom. The molecule has 8 rings (SSSR count). The molecule has 46 heavy (non-hydrogen) atoms. The van der Waals surface area contributed by atoms with Crippen LogP contribution in [0.15, 0.2) is 146 Å². The summed E-state index contributed by atoms with van der Waals surface area (Å²) in [6.07, 6.45) is 0. The van der Waals surface area contributed by atoms with Crippen LogP contribution in [-0.2, 0) is 25.2 Å². The third-order valence-electron chi connectivity index (χ3n) is 9.90. The second kappa shape index (κ2) is 10.0. The quantitative estimate of drug-likeness (QED) is 0.121. The zero-order chi connectivity index (χ0) is 31.6. The summed E-state index contributed by atoms with van der Waals surface area (Å²) in [4.78, 5) is 57.7. The summed E-state index contributed by atoms with van der Waals surface area (Å²) in [5.74, 6) is -3.32. The summed E-state index contributed by atoms with van der Waals surface area (Å²) in [5, 5.41) is 11.4. The number of anilines is 1. The standard InChI is InChI=1S/C39H26N2O5/c42-35-33-34(36(43)40(35)29-21-23-30(24-22-29)41(45)46)39(28-19-11-4-12-20-28)32(26-15-7-2-8-16-26)31(25-13-5-1-6-14-25)38(33,37(39)44)27-17-9-3-10-18-27/h1-24,33-34H. The average Bonchev–Trinajstić information content (AvgIpc) is 3.62. The molecule has 0 aromatic heterocycles. The summed E-state index contributed by atoms with van der Waals surface area (Å²) < 4.78 is 0. The zero-order valence-electron chi connectivity index (χ0n) is 24.4. The second-order valence-corrected chi connectivity index (χ2v) is 11.9. The molecule has 0 N–H and O–H groups in total. The number of fused-ring (bicyclic) bond motifs is 5. The lowest BCUT2D eigenvalue weighted by Gasteiger charge is -2.39. The predicted octanol–water partition coefficient (Wildman–Crippen LogP) is 6.78. The highest BCUT2D eigenvalue weighted by Gasteiger charge is 2.82. The molecule has 0 radical (unpaired) electrons. The summed E-state index contributed by atoms with van der Waals surface area (Å²) >= 11 is 0. The molecule has 7 heteroatoms. The van der Waals surface area contributed by atoms with Crippen molar-refractivity contribution in [2.24, 2.45) is 11.8 Å². The fourth-order valence-electron chi connectivity index (χ4n) is 8.31. The van der Waals surface area contributed by atoms with Gasteiger partial charge in [0, 0.05) is 12.1 Å². The third-order valence-corrected chi connectivity index (χ3v) is 9.90. The van der Waals surface area contributed by atoms with Gasteiger partial charge in [-0.3, -0.25) is 24.5 Å². The van der Waals surface area contributed by atoms with E-state index in [0.29, 0.717) is 22.3 Å². The predicted molar refractivity (Wildman–Crippen MR) is 174 cm³/mol. The molecule has 2 amide bonds. The van der Waals surface area contributed by atoms with Gasteiger partial charge in [0.05, 0.1) is 33.3 Å². The SMILES string of the molecule is O=C1C2C(C(=O)N1c1ccc([N+](=O)[O-])cc1)C1(c3ccccc3)C(=O)C2(c2ccccc2)C(c2ccccc2)=C1c1ccccc1. The molecule has 2 fully saturated rings. The molecular formula is C39H26N2O5. The molecule has 1 heterocycles. The molecule has 5 aromatic rings. The van der Waals surface area contributed by atoms with Crippen LogP contribution in [0.4, 0.5) is 11.4 Å². The number of carbonyl (C=O) groups excluding carboxylic acids is 3. The van der Waals surface area contributed by atoms with E-state index in [1.54, 1.807) is 0 Å². The lowest BCUT2D eigenvalue weighted by molar-refractivity contribution is -0.384. The Bertz CT molecular complexity index is 1960. The molecule has 0 spiro atoms. The number of hydrogen-bond acceptors (Lipinski definition) is 5.